The number of carbonyl (C=O) groups excluding carboxylic acids is 2. The lowest BCUT2D eigenvalue weighted by Gasteiger charge is -2.36. The van der Waals surface area contributed by atoms with Crippen molar-refractivity contribution in [2.45, 2.75) is 103 Å². The van der Waals surface area contributed by atoms with E-state index in [-0.39, 0.29) is 18.0 Å². The molecule has 1 saturated heterocycles. The Morgan fingerprint density at radius 1 is 0.914 bits per heavy atom. The third-order valence-electron chi connectivity index (χ3n) is 5.98. The van der Waals surface area contributed by atoms with Crippen LogP contribution in [0.25, 0.3) is 0 Å². The van der Waals surface area contributed by atoms with Gasteiger partial charge in [-0.25, -0.2) is 0 Å². The molecule has 1 aromatic carbocycles. The molecule has 0 saturated carbocycles. The van der Waals surface area contributed by atoms with Gasteiger partial charge in [0.05, 0.1) is 0 Å². The molecule has 0 aromatic heterocycles. The van der Waals surface area contributed by atoms with Gasteiger partial charge in [0.25, 0.3) is 0 Å². The fraction of sp³-hybridized carbons (Fsp3) is 0.714. The quantitative estimate of drug-likeness (QED) is 0.556. The number of aryl methyl sites for hydroxylation is 1. The molecule has 7 nitrogen and oxygen atoms in total. The van der Waals surface area contributed by atoms with E-state index in [4.69, 9.17) is 15.2 Å². The maximum atomic E-state index is 13.3. The van der Waals surface area contributed by atoms with E-state index >= 15 is 0 Å². The van der Waals surface area contributed by atoms with Gasteiger partial charge in [-0.3, -0.25) is 19.4 Å². The van der Waals surface area contributed by atoms with Gasteiger partial charge >= 0.3 is 11.9 Å². The lowest BCUT2D eigenvalue weighted by molar-refractivity contribution is -0.163. The van der Waals surface area contributed by atoms with Crippen LogP contribution in [0, 0.1) is 0 Å². The molecule has 0 bridgehead atoms. The Hall–Kier alpha value is -1.96. The summed E-state index contributed by atoms with van der Waals surface area (Å²) < 4.78 is 11.5. The molecule has 0 spiro atoms. The van der Waals surface area contributed by atoms with E-state index in [1.807, 2.05) is 73.6 Å². The highest BCUT2D eigenvalue weighted by Crippen LogP contribution is 2.23. The van der Waals surface area contributed by atoms with Gasteiger partial charge in [0.1, 0.15) is 23.3 Å². The largest absolute Gasteiger partial charge is 0.459 e. The molecule has 2 rings (SSSR count). The van der Waals surface area contributed by atoms with Gasteiger partial charge in [-0.15, -0.1) is 0 Å². The topological polar surface area (TPSA) is 85.1 Å². The molecule has 1 aromatic rings. The Balaban J connectivity index is 2.25. The fourth-order valence-corrected chi connectivity index (χ4v) is 4.64. The van der Waals surface area contributed by atoms with Crippen molar-refractivity contribution in [2.24, 2.45) is 5.73 Å². The molecule has 1 aliphatic heterocycles. The molecule has 0 radical (unpaired) electrons. The predicted molar refractivity (Wildman–Crippen MR) is 140 cm³/mol. The minimum Gasteiger partial charge on any atom is -0.459 e. The Kier molecular flexibility index (Phi) is 9.91. The zero-order valence-electron chi connectivity index (χ0n) is 23.1. The van der Waals surface area contributed by atoms with Crippen molar-refractivity contribution >= 4 is 11.9 Å². The number of nitrogens with zero attached hydrogens (tertiary/aromatic N) is 2. The molecule has 1 aliphatic rings. The maximum absolute atomic E-state index is 13.3. The number of carbonyl (C=O) groups is 2. The molecule has 0 aliphatic carbocycles. The molecule has 3 atom stereocenters. The van der Waals surface area contributed by atoms with Gasteiger partial charge in [0.2, 0.25) is 0 Å². The van der Waals surface area contributed by atoms with Crippen LogP contribution in [-0.2, 0) is 25.5 Å². The van der Waals surface area contributed by atoms with Crippen LogP contribution < -0.4 is 5.73 Å². The van der Waals surface area contributed by atoms with E-state index in [1.54, 1.807) is 0 Å². The van der Waals surface area contributed by atoms with Crippen LogP contribution in [0.15, 0.2) is 30.3 Å². The molecule has 1 heterocycles. The van der Waals surface area contributed by atoms with E-state index in [1.165, 1.54) is 5.56 Å². The third kappa shape index (κ3) is 9.90. The summed E-state index contributed by atoms with van der Waals surface area (Å²) in [5.41, 5.74) is 6.21. The van der Waals surface area contributed by atoms with Gasteiger partial charge < -0.3 is 15.2 Å². The van der Waals surface area contributed by atoms with E-state index in [2.05, 4.69) is 21.9 Å². The van der Waals surface area contributed by atoms with Gasteiger partial charge in [0, 0.05) is 31.7 Å². The van der Waals surface area contributed by atoms with Gasteiger partial charge in [-0.2, -0.15) is 0 Å². The summed E-state index contributed by atoms with van der Waals surface area (Å²) in [5.74, 6) is -0.450. The van der Waals surface area contributed by atoms with E-state index in [9.17, 15) is 9.59 Å². The second-order valence-corrected chi connectivity index (χ2v) is 12.1. The van der Waals surface area contributed by atoms with Crippen molar-refractivity contribution in [3.05, 3.63) is 35.9 Å². The third-order valence-corrected chi connectivity index (χ3v) is 5.98. The van der Waals surface area contributed by atoms with Gasteiger partial charge in [0.15, 0.2) is 0 Å². The van der Waals surface area contributed by atoms with Crippen molar-refractivity contribution in [3.8, 4) is 0 Å². The first-order chi connectivity index (χ1) is 16.1. The summed E-state index contributed by atoms with van der Waals surface area (Å²) in [6.45, 7) is 17.6. The number of rotatable bonds is 8. The zero-order valence-corrected chi connectivity index (χ0v) is 23.1. The normalized spacial score (nSPS) is 22.2. The monoisotopic (exact) mass is 489 g/mol. The number of hydrogen-bond acceptors (Lipinski definition) is 7. The molecule has 3 unspecified atom stereocenters. The first-order valence-electron chi connectivity index (χ1n) is 12.9. The Morgan fingerprint density at radius 2 is 1.37 bits per heavy atom. The Labute approximate surface area is 212 Å². The summed E-state index contributed by atoms with van der Waals surface area (Å²) in [6, 6.07) is 9.39. The number of nitrogens with two attached hydrogens (primary N) is 1. The smallest absolute Gasteiger partial charge is 0.323 e. The summed E-state index contributed by atoms with van der Waals surface area (Å²) in [7, 11) is 0. The van der Waals surface area contributed by atoms with Crippen molar-refractivity contribution in [3.63, 3.8) is 0 Å². The number of ether oxygens (including phenoxy) is 2. The van der Waals surface area contributed by atoms with Crippen LogP contribution in [0.2, 0.25) is 0 Å². The second-order valence-electron chi connectivity index (χ2n) is 12.1. The van der Waals surface area contributed by atoms with Crippen LogP contribution in [-0.4, -0.2) is 76.7 Å². The van der Waals surface area contributed by atoms with Crippen LogP contribution in [0.5, 0.6) is 0 Å². The van der Waals surface area contributed by atoms with E-state index in [0.29, 0.717) is 39.0 Å². The van der Waals surface area contributed by atoms with Crippen LogP contribution in [0.3, 0.4) is 0 Å². The van der Waals surface area contributed by atoms with Crippen LogP contribution >= 0.6 is 0 Å². The Bertz CT molecular complexity index is 827. The lowest BCUT2D eigenvalue weighted by Crippen LogP contribution is -2.56. The summed E-state index contributed by atoms with van der Waals surface area (Å²) in [6.07, 6.45) is 2.04. The standard InChI is InChI=1S/C28H47N3O4/c1-9-22(24(32)34-26(2,3)4)30-17-18-31(20-28(8,29)19-30)23(25(33)35-27(5,6)7)16-15-21-13-11-10-12-14-21/h10-14,22-23H,9,15-20,29H2,1-8H3. The summed E-state index contributed by atoms with van der Waals surface area (Å²) in [4.78, 5) is 30.6. The predicted octanol–water partition coefficient (Wildman–Crippen LogP) is 3.78. The van der Waals surface area contributed by atoms with Crippen molar-refractivity contribution < 1.29 is 19.1 Å². The molecule has 2 N–H and O–H groups in total. The number of hydrogen-bond donors (Lipinski definition) is 1. The first-order valence-corrected chi connectivity index (χ1v) is 12.9. The summed E-state index contributed by atoms with van der Waals surface area (Å²) in [5, 5.41) is 0. The Morgan fingerprint density at radius 3 is 1.83 bits per heavy atom. The zero-order chi connectivity index (χ0) is 26.4. The SMILES string of the molecule is CCC(C(=O)OC(C)(C)C)N1CCN(C(CCc2ccccc2)C(=O)OC(C)(C)C)CC(C)(N)C1. The molecular weight excluding hydrogens is 442 g/mol. The second kappa shape index (κ2) is 11.8. The molecule has 0 amide bonds. The molecule has 7 heteroatoms. The highest BCUT2D eigenvalue weighted by molar-refractivity contribution is 5.77. The molecule has 198 valence electrons. The fourth-order valence-electron chi connectivity index (χ4n) is 4.64. The average molecular weight is 490 g/mol. The molecule has 1 fully saturated rings. The van der Waals surface area contributed by atoms with Crippen LogP contribution in [0.1, 0.15) is 73.8 Å². The van der Waals surface area contributed by atoms with Crippen molar-refractivity contribution in [1.82, 2.24) is 9.80 Å². The van der Waals surface area contributed by atoms with Crippen molar-refractivity contribution in [1.29, 1.82) is 0 Å². The first kappa shape index (κ1) is 29.3. The number of benzene rings is 1. The van der Waals surface area contributed by atoms with Gasteiger partial charge in [-0.1, -0.05) is 37.3 Å². The average Bonchev–Trinajstić information content (AvgIpc) is 2.85. The molecule has 35 heavy (non-hydrogen) atoms. The number of esters is 2. The maximum Gasteiger partial charge on any atom is 0.323 e. The molecular formula is C28H47N3O4. The highest BCUT2D eigenvalue weighted by atomic mass is 16.6. The van der Waals surface area contributed by atoms with Crippen LogP contribution in [0.4, 0.5) is 0 Å². The lowest BCUT2D eigenvalue weighted by atomic mass is 9.99. The minimum atomic E-state index is -0.612. The van der Waals surface area contributed by atoms with Crippen molar-refractivity contribution in [2.75, 3.05) is 26.2 Å². The van der Waals surface area contributed by atoms with Gasteiger partial charge in [-0.05, 0) is 73.3 Å². The van der Waals surface area contributed by atoms with E-state index < -0.39 is 22.8 Å². The highest BCUT2D eigenvalue weighted by Gasteiger charge is 2.40. The summed E-state index contributed by atoms with van der Waals surface area (Å²) >= 11 is 0. The minimum absolute atomic E-state index is 0.225. The van der Waals surface area contributed by atoms with E-state index in [0.717, 1.165) is 6.42 Å².